The Morgan fingerprint density at radius 1 is 1.11 bits per heavy atom. The number of alkyl halides is 2. The average molecular weight is 306 g/mol. The van der Waals surface area contributed by atoms with Gasteiger partial charge in [0.1, 0.15) is 0 Å². The molecular formula is C14H21Cl2NO2. The molecule has 0 fully saturated rings. The van der Waals surface area contributed by atoms with Gasteiger partial charge in [-0.05, 0) is 24.1 Å². The number of hydrogen-bond donors (Lipinski definition) is 1. The van der Waals surface area contributed by atoms with Crippen molar-refractivity contribution in [3.8, 4) is 11.5 Å². The zero-order valence-corrected chi connectivity index (χ0v) is 13.1. The van der Waals surface area contributed by atoms with Gasteiger partial charge >= 0.3 is 0 Å². The third kappa shape index (κ3) is 4.16. The number of nitrogens with one attached hydrogen (secondary N) is 1. The van der Waals surface area contributed by atoms with Crippen LogP contribution in [0.25, 0.3) is 0 Å². The Balaban J connectivity index is 2.77. The van der Waals surface area contributed by atoms with Crippen LogP contribution in [0.2, 0.25) is 0 Å². The van der Waals surface area contributed by atoms with Crippen LogP contribution in [0.5, 0.6) is 11.5 Å². The molecule has 0 heterocycles. The molecule has 1 aromatic rings. The first-order valence-electron chi connectivity index (χ1n) is 6.22. The van der Waals surface area contributed by atoms with Crippen LogP contribution in [-0.2, 0) is 6.54 Å². The zero-order valence-electron chi connectivity index (χ0n) is 11.6. The van der Waals surface area contributed by atoms with Crippen LogP contribution < -0.4 is 14.8 Å². The Hall–Kier alpha value is -0.640. The van der Waals surface area contributed by atoms with Crippen molar-refractivity contribution in [3.63, 3.8) is 0 Å². The topological polar surface area (TPSA) is 30.5 Å². The largest absolute Gasteiger partial charge is 0.493 e. The Bertz CT molecular complexity index is 387. The molecule has 0 bridgehead atoms. The number of halogens is 2. The minimum Gasteiger partial charge on any atom is -0.493 e. The van der Waals surface area contributed by atoms with E-state index in [1.165, 1.54) is 0 Å². The normalized spacial score (nSPS) is 11.4. The first-order chi connectivity index (χ1) is 9.14. The van der Waals surface area contributed by atoms with Gasteiger partial charge in [0, 0.05) is 23.8 Å². The van der Waals surface area contributed by atoms with Gasteiger partial charge in [-0.15, -0.1) is 23.2 Å². The van der Waals surface area contributed by atoms with Gasteiger partial charge in [0.25, 0.3) is 0 Å². The predicted molar refractivity (Wildman–Crippen MR) is 80.8 cm³/mol. The molecule has 1 rings (SSSR count). The smallest absolute Gasteiger partial charge is 0.161 e. The molecule has 108 valence electrons. The molecule has 0 saturated heterocycles. The average Bonchev–Trinajstić information content (AvgIpc) is 2.49. The third-order valence-electron chi connectivity index (χ3n) is 3.30. The summed E-state index contributed by atoms with van der Waals surface area (Å²) in [7, 11) is 3.25. The highest BCUT2D eigenvalue weighted by Crippen LogP contribution is 2.27. The number of hydrogen-bond acceptors (Lipinski definition) is 3. The van der Waals surface area contributed by atoms with Gasteiger partial charge in [0.05, 0.1) is 14.2 Å². The van der Waals surface area contributed by atoms with Gasteiger partial charge in [0.2, 0.25) is 0 Å². The summed E-state index contributed by atoms with van der Waals surface area (Å²) < 4.78 is 10.5. The predicted octanol–water partition coefficient (Wildman–Crippen LogP) is 3.42. The molecule has 0 amide bonds. The van der Waals surface area contributed by atoms with Gasteiger partial charge in [-0.2, -0.15) is 0 Å². The number of ether oxygens (including phenoxy) is 2. The number of benzene rings is 1. The molecule has 1 N–H and O–H groups in total. The van der Waals surface area contributed by atoms with E-state index in [4.69, 9.17) is 32.7 Å². The monoisotopic (exact) mass is 305 g/mol. The van der Waals surface area contributed by atoms with Gasteiger partial charge in [-0.3, -0.25) is 0 Å². The van der Waals surface area contributed by atoms with Crippen LogP contribution in [0.4, 0.5) is 0 Å². The summed E-state index contributed by atoms with van der Waals surface area (Å²) in [5, 5.41) is 3.43. The highest BCUT2D eigenvalue weighted by atomic mass is 35.5. The molecule has 0 saturated carbocycles. The van der Waals surface area contributed by atoms with Gasteiger partial charge < -0.3 is 14.8 Å². The lowest BCUT2D eigenvalue weighted by molar-refractivity contribution is 0.353. The minimum absolute atomic E-state index is 0.226. The first-order valence-corrected chi connectivity index (χ1v) is 7.29. The van der Waals surface area contributed by atoms with Crippen LogP contribution in [0, 0.1) is 0 Å². The van der Waals surface area contributed by atoms with Crippen molar-refractivity contribution in [2.45, 2.75) is 25.4 Å². The molecule has 1 aromatic carbocycles. The van der Waals surface area contributed by atoms with Crippen LogP contribution in [0.1, 0.15) is 18.9 Å². The fourth-order valence-corrected chi connectivity index (χ4v) is 2.58. The molecule has 19 heavy (non-hydrogen) atoms. The Morgan fingerprint density at radius 3 is 2.21 bits per heavy atom. The van der Waals surface area contributed by atoms with E-state index in [0.29, 0.717) is 18.3 Å². The Morgan fingerprint density at radius 2 is 1.74 bits per heavy atom. The molecule has 0 aliphatic carbocycles. The Kier molecular flexibility index (Phi) is 6.76. The van der Waals surface area contributed by atoms with Gasteiger partial charge in [-0.1, -0.05) is 13.0 Å². The van der Waals surface area contributed by atoms with Crippen LogP contribution >= 0.6 is 23.2 Å². The summed E-state index contributed by atoms with van der Waals surface area (Å²) in [5.74, 6) is 2.42. The summed E-state index contributed by atoms with van der Waals surface area (Å²) in [5.41, 5.74) is 0.877. The van der Waals surface area contributed by atoms with E-state index in [9.17, 15) is 0 Å². The molecule has 0 aliphatic heterocycles. The maximum Gasteiger partial charge on any atom is 0.161 e. The lowest BCUT2D eigenvalue weighted by Crippen LogP contribution is -2.47. The third-order valence-corrected chi connectivity index (χ3v) is 4.33. The highest BCUT2D eigenvalue weighted by Gasteiger charge is 2.25. The van der Waals surface area contributed by atoms with E-state index in [2.05, 4.69) is 12.2 Å². The summed E-state index contributed by atoms with van der Waals surface area (Å²) >= 11 is 12.0. The molecule has 0 aliphatic rings. The van der Waals surface area contributed by atoms with E-state index in [-0.39, 0.29) is 5.54 Å². The van der Waals surface area contributed by atoms with Crippen molar-refractivity contribution in [3.05, 3.63) is 23.8 Å². The number of rotatable bonds is 8. The molecule has 0 spiro atoms. The summed E-state index contributed by atoms with van der Waals surface area (Å²) in [6.45, 7) is 2.76. The number of methoxy groups -OCH3 is 2. The second kappa shape index (κ2) is 7.83. The van der Waals surface area contributed by atoms with Crippen molar-refractivity contribution < 1.29 is 9.47 Å². The SMILES string of the molecule is CCC(CCl)(CCl)NCc1ccc(OC)c(OC)c1. The van der Waals surface area contributed by atoms with E-state index < -0.39 is 0 Å². The van der Waals surface area contributed by atoms with Crippen molar-refractivity contribution in [1.82, 2.24) is 5.32 Å². The quantitative estimate of drug-likeness (QED) is 0.747. The first kappa shape index (κ1) is 16.4. The van der Waals surface area contributed by atoms with E-state index in [1.54, 1.807) is 14.2 Å². The van der Waals surface area contributed by atoms with Crippen molar-refractivity contribution >= 4 is 23.2 Å². The van der Waals surface area contributed by atoms with E-state index in [1.807, 2.05) is 18.2 Å². The zero-order chi connectivity index (χ0) is 14.3. The second-order valence-electron chi connectivity index (χ2n) is 4.44. The molecule has 3 nitrogen and oxygen atoms in total. The fraction of sp³-hybridized carbons (Fsp3) is 0.571. The fourth-order valence-electron chi connectivity index (χ4n) is 1.72. The van der Waals surface area contributed by atoms with Crippen LogP contribution in [-0.4, -0.2) is 31.5 Å². The molecule has 0 unspecified atom stereocenters. The maximum atomic E-state index is 6.01. The molecule has 0 atom stereocenters. The van der Waals surface area contributed by atoms with Gasteiger partial charge in [-0.25, -0.2) is 0 Å². The summed E-state index contributed by atoms with van der Waals surface area (Å²) in [6, 6.07) is 5.84. The van der Waals surface area contributed by atoms with E-state index >= 15 is 0 Å². The Labute approximate surface area is 125 Å². The standard InChI is InChI=1S/C14H21Cl2NO2/c1-4-14(9-15,10-16)17-8-11-5-6-12(18-2)13(7-11)19-3/h5-7,17H,4,8-10H2,1-3H3. The molecule has 0 aromatic heterocycles. The second-order valence-corrected chi connectivity index (χ2v) is 4.98. The summed E-state index contributed by atoms with van der Waals surface area (Å²) in [4.78, 5) is 0. The van der Waals surface area contributed by atoms with Crippen LogP contribution in [0.15, 0.2) is 18.2 Å². The van der Waals surface area contributed by atoms with Crippen molar-refractivity contribution in [2.24, 2.45) is 0 Å². The minimum atomic E-state index is -0.226. The highest BCUT2D eigenvalue weighted by molar-refractivity contribution is 6.22. The van der Waals surface area contributed by atoms with E-state index in [0.717, 1.165) is 23.5 Å². The summed E-state index contributed by atoms with van der Waals surface area (Å²) in [6.07, 6.45) is 0.882. The maximum absolute atomic E-state index is 6.01. The molecule has 0 radical (unpaired) electrons. The lowest BCUT2D eigenvalue weighted by atomic mass is 10.0. The van der Waals surface area contributed by atoms with Gasteiger partial charge in [0.15, 0.2) is 11.5 Å². The molecule has 5 heteroatoms. The van der Waals surface area contributed by atoms with Crippen molar-refractivity contribution in [1.29, 1.82) is 0 Å². The molecular weight excluding hydrogens is 285 g/mol. The lowest BCUT2D eigenvalue weighted by Gasteiger charge is -2.29. The van der Waals surface area contributed by atoms with Crippen LogP contribution in [0.3, 0.4) is 0 Å². The van der Waals surface area contributed by atoms with Crippen molar-refractivity contribution in [2.75, 3.05) is 26.0 Å².